The number of hydrogen-bond acceptors (Lipinski definition) is 4. The Morgan fingerprint density at radius 1 is 1.15 bits per heavy atom. The topological polar surface area (TPSA) is 55.9 Å². The Kier molecular flexibility index (Phi) is 6.85. The summed E-state index contributed by atoms with van der Waals surface area (Å²) in [7, 11) is 2.14. The molecule has 0 radical (unpaired) electrons. The lowest BCUT2D eigenvalue weighted by Crippen LogP contribution is -2.51. The van der Waals surface area contributed by atoms with Gasteiger partial charge in [-0.05, 0) is 37.9 Å². The molecule has 0 saturated carbocycles. The van der Waals surface area contributed by atoms with Crippen molar-refractivity contribution in [1.29, 1.82) is 0 Å². The molecule has 1 N–H and O–H groups in total. The molecule has 0 unspecified atom stereocenters. The minimum Gasteiger partial charge on any atom is -0.353 e. The molecule has 27 heavy (non-hydrogen) atoms. The lowest BCUT2D eigenvalue weighted by Gasteiger charge is -2.33. The molecule has 2 aliphatic heterocycles. The highest BCUT2D eigenvalue weighted by Gasteiger charge is 2.32. The molecule has 2 heterocycles. The third kappa shape index (κ3) is 4.87. The van der Waals surface area contributed by atoms with Crippen LogP contribution in [0.25, 0.3) is 0 Å². The van der Waals surface area contributed by atoms with E-state index >= 15 is 0 Å². The number of hydrogen-bond donors (Lipinski definition) is 1. The maximum Gasteiger partial charge on any atom is 0.243 e. The van der Waals surface area contributed by atoms with Crippen LogP contribution in [0.2, 0.25) is 0 Å². The molecule has 148 valence electrons. The number of para-hydroxylation sites is 1. The quantitative estimate of drug-likeness (QED) is 0.822. The molecular weight excluding hydrogens is 340 g/mol. The average molecular weight is 373 g/mol. The average Bonchev–Trinajstić information content (AvgIpc) is 2.83. The summed E-state index contributed by atoms with van der Waals surface area (Å²) in [5.74, 6) is 0.0118. The van der Waals surface area contributed by atoms with Crippen LogP contribution >= 0.6 is 0 Å². The van der Waals surface area contributed by atoms with Crippen LogP contribution in [0.5, 0.6) is 0 Å². The number of carbonyl (C=O) groups is 2. The smallest absolute Gasteiger partial charge is 0.243 e. The van der Waals surface area contributed by atoms with Crippen LogP contribution in [0.4, 0.5) is 5.69 Å². The first-order chi connectivity index (χ1) is 13.1. The van der Waals surface area contributed by atoms with E-state index in [-0.39, 0.29) is 11.8 Å². The number of likely N-dealkylation sites (N-methyl/N-ethyl adjacent to an activating group) is 1. The fourth-order valence-electron chi connectivity index (χ4n) is 4.00. The van der Waals surface area contributed by atoms with E-state index in [1.54, 1.807) is 4.90 Å². The molecule has 3 rings (SSSR count). The molecule has 1 saturated heterocycles. The van der Waals surface area contributed by atoms with E-state index in [1.165, 1.54) is 0 Å². The largest absolute Gasteiger partial charge is 0.353 e. The van der Waals surface area contributed by atoms with Crippen LogP contribution in [0.3, 0.4) is 0 Å². The standard InChI is InChI=1S/C21H32N4O2/c1-3-18(21(27)22-11-12-24-15-13-23(2)14-16-24)25-19-9-5-4-7-17(19)8-6-10-20(25)26/h4-5,7,9,18H,3,6,8,10-16H2,1-2H3,(H,22,27)/t18-/m0/s1. The summed E-state index contributed by atoms with van der Waals surface area (Å²) in [6.45, 7) is 7.70. The summed E-state index contributed by atoms with van der Waals surface area (Å²) in [4.78, 5) is 32.1. The maximum absolute atomic E-state index is 12.9. The van der Waals surface area contributed by atoms with Gasteiger partial charge in [-0.15, -0.1) is 0 Å². The Labute approximate surface area is 162 Å². The van der Waals surface area contributed by atoms with Crippen molar-refractivity contribution in [2.75, 3.05) is 51.2 Å². The van der Waals surface area contributed by atoms with Crippen molar-refractivity contribution in [2.45, 2.75) is 38.6 Å². The Hall–Kier alpha value is -1.92. The number of amides is 2. The van der Waals surface area contributed by atoms with Gasteiger partial charge in [-0.2, -0.15) is 0 Å². The van der Waals surface area contributed by atoms with E-state index in [2.05, 4.69) is 28.2 Å². The van der Waals surface area contributed by atoms with Gasteiger partial charge in [0.2, 0.25) is 11.8 Å². The maximum atomic E-state index is 12.9. The van der Waals surface area contributed by atoms with Gasteiger partial charge in [-0.3, -0.25) is 19.4 Å². The van der Waals surface area contributed by atoms with E-state index in [0.29, 0.717) is 19.4 Å². The van der Waals surface area contributed by atoms with Gasteiger partial charge in [-0.25, -0.2) is 0 Å². The Balaban J connectivity index is 1.63. The normalized spacial score (nSPS) is 20.1. The lowest BCUT2D eigenvalue weighted by molar-refractivity contribution is -0.126. The monoisotopic (exact) mass is 372 g/mol. The number of nitrogens with one attached hydrogen (secondary N) is 1. The van der Waals surface area contributed by atoms with Gasteiger partial charge in [-0.1, -0.05) is 25.1 Å². The van der Waals surface area contributed by atoms with Crippen molar-refractivity contribution in [1.82, 2.24) is 15.1 Å². The molecule has 0 aliphatic carbocycles. The number of rotatable bonds is 6. The van der Waals surface area contributed by atoms with Crippen LogP contribution < -0.4 is 10.2 Å². The molecule has 1 atom stereocenters. The number of piperazine rings is 1. The van der Waals surface area contributed by atoms with Crippen molar-refractivity contribution < 1.29 is 9.59 Å². The van der Waals surface area contributed by atoms with Gasteiger partial charge in [0.15, 0.2) is 0 Å². The second-order valence-corrected chi connectivity index (χ2v) is 7.61. The highest BCUT2D eigenvalue weighted by molar-refractivity contribution is 6.01. The molecule has 1 fully saturated rings. The fraction of sp³-hybridized carbons (Fsp3) is 0.619. The summed E-state index contributed by atoms with van der Waals surface area (Å²) in [5, 5.41) is 3.07. The Morgan fingerprint density at radius 2 is 1.89 bits per heavy atom. The molecule has 1 aromatic carbocycles. The van der Waals surface area contributed by atoms with Crippen LogP contribution in [0, 0.1) is 0 Å². The molecule has 6 heteroatoms. The lowest BCUT2D eigenvalue weighted by atomic mass is 10.1. The van der Waals surface area contributed by atoms with E-state index in [4.69, 9.17) is 0 Å². The molecule has 0 aromatic heterocycles. The van der Waals surface area contributed by atoms with Crippen molar-refractivity contribution >= 4 is 17.5 Å². The third-order valence-electron chi connectivity index (χ3n) is 5.68. The van der Waals surface area contributed by atoms with E-state index in [9.17, 15) is 9.59 Å². The number of nitrogens with zero attached hydrogens (tertiary/aromatic N) is 3. The van der Waals surface area contributed by atoms with Gasteiger partial charge in [0, 0.05) is 51.4 Å². The predicted molar refractivity (Wildman–Crippen MR) is 108 cm³/mol. The number of fused-ring (bicyclic) bond motifs is 1. The minimum absolute atomic E-state index is 0.0447. The highest BCUT2D eigenvalue weighted by atomic mass is 16.2. The fourth-order valence-corrected chi connectivity index (χ4v) is 4.00. The number of carbonyl (C=O) groups excluding carboxylic acids is 2. The van der Waals surface area contributed by atoms with Crippen LogP contribution in [-0.4, -0.2) is 74.0 Å². The minimum atomic E-state index is -0.441. The van der Waals surface area contributed by atoms with E-state index in [1.807, 2.05) is 25.1 Å². The van der Waals surface area contributed by atoms with E-state index < -0.39 is 6.04 Å². The zero-order valence-electron chi connectivity index (χ0n) is 16.6. The zero-order chi connectivity index (χ0) is 19.2. The summed E-state index contributed by atoms with van der Waals surface area (Å²) in [6.07, 6.45) is 2.84. The summed E-state index contributed by atoms with van der Waals surface area (Å²) < 4.78 is 0. The molecule has 2 amide bonds. The highest BCUT2D eigenvalue weighted by Crippen LogP contribution is 2.29. The first-order valence-electron chi connectivity index (χ1n) is 10.2. The zero-order valence-corrected chi connectivity index (χ0v) is 16.6. The van der Waals surface area contributed by atoms with Crippen molar-refractivity contribution in [3.63, 3.8) is 0 Å². The summed E-state index contributed by atoms with van der Waals surface area (Å²) in [5.41, 5.74) is 2.06. The van der Waals surface area contributed by atoms with Gasteiger partial charge in [0.1, 0.15) is 6.04 Å². The molecule has 2 aliphatic rings. The van der Waals surface area contributed by atoms with Crippen LogP contribution in [0.1, 0.15) is 31.7 Å². The molecule has 6 nitrogen and oxygen atoms in total. The van der Waals surface area contributed by atoms with E-state index in [0.717, 1.165) is 56.8 Å². The molecule has 1 aromatic rings. The second kappa shape index (κ2) is 9.33. The van der Waals surface area contributed by atoms with Gasteiger partial charge in [0.05, 0.1) is 0 Å². The van der Waals surface area contributed by atoms with Crippen molar-refractivity contribution in [3.05, 3.63) is 29.8 Å². The first-order valence-corrected chi connectivity index (χ1v) is 10.2. The summed E-state index contributed by atoms with van der Waals surface area (Å²) >= 11 is 0. The van der Waals surface area contributed by atoms with Gasteiger partial charge in [0.25, 0.3) is 0 Å². The SMILES string of the molecule is CC[C@@H](C(=O)NCCN1CCN(C)CC1)N1C(=O)CCCc2ccccc21. The van der Waals surface area contributed by atoms with Crippen molar-refractivity contribution in [3.8, 4) is 0 Å². The Bertz CT molecular complexity index is 655. The van der Waals surface area contributed by atoms with Gasteiger partial charge >= 0.3 is 0 Å². The third-order valence-corrected chi connectivity index (χ3v) is 5.68. The second-order valence-electron chi connectivity index (χ2n) is 7.61. The predicted octanol–water partition coefficient (Wildman–Crippen LogP) is 1.50. The number of aryl methyl sites for hydroxylation is 1. The number of benzene rings is 1. The van der Waals surface area contributed by atoms with Gasteiger partial charge < -0.3 is 10.2 Å². The molecule has 0 spiro atoms. The summed E-state index contributed by atoms with van der Waals surface area (Å²) in [6, 6.07) is 7.55. The van der Waals surface area contributed by atoms with Crippen LogP contribution in [-0.2, 0) is 16.0 Å². The molecular formula is C21H32N4O2. The molecule has 0 bridgehead atoms. The Morgan fingerprint density at radius 3 is 2.63 bits per heavy atom. The number of anilines is 1. The van der Waals surface area contributed by atoms with Crippen molar-refractivity contribution in [2.24, 2.45) is 0 Å². The first kappa shape index (κ1) is 19.8. The van der Waals surface area contributed by atoms with Crippen LogP contribution in [0.15, 0.2) is 24.3 Å².